The highest BCUT2D eigenvalue weighted by atomic mass is 16.1. The molecule has 26 heavy (non-hydrogen) atoms. The van der Waals surface area contributed by atoms with Crippen molar-refractivity contribution in [2.75, 3.05) is 0 Å². The lowest BCUT2D eigenvalue weighted by molar-refractivity contribution is -0.121. The van der Waals surface area contributed by atoms with Crippen molar-refractivity contribution in [3.63, 3.8) is 0 Å². The van der Waals surface area contributed by atoms with E-state index in [1.54, 1.807) is 0 Å². The number of hydrogen-bond acceptors (Lipinski definition) is 1. The highest BCUT2D eigenvalue weighted by Gasteiger charge is 2.16. The Balaban J connectivity index is 1.93. The molecule has 2 rings (SSSR count). The van der Waals surface area contributed by atoms with Crippen molar-refractivity contribution in [2.24, 2.45) is 5.92 Å². The average molecular weight is 352 g/mol. The highest BCUT2D eigenvalue weighted by molar-refractivity contribution is 5.76. The molecule has 0 heterocycles. The predicted octanol–water partition coefficient (Wildman–Crippen LogP) is 5.82. The van der Waals surface area contributed by atoms with E-state index in [-0.39, 0.29) is 17.4 Å². The smallest absolute Gasteiger partial charge is 0.220 e. The van der Waals surface area contributed by atoms with Crippen LogP contribution in [0.5, 0.6) is 0 Å². The van der Waals surface area contributed by atoms with E-state index in [0.29, 0.717) is 12.3 Å². The first-order valence-electron chi connectivity index (χ1n) is 9.69. The molecule has 0 bridgehead atoms. The Morgan fingerprint density at radius 2 is 1.58 bits per heavy atom. The molecule has 0 aliphatic rings. The fourth-order valence-electron chi connectivity index (χ4n) is 3.13. The van der Waals surface area contributed by atoms with Gasteiger partial charge in [0.05, 0.1) is 6.04 Å². The summed E-state index contributed by atoms with van der Waals surface area (Å²) in [6.45, 7) is 11.0. The number of amides is 1. The number of hydrogen-bond donors (Lipinski definition) is 1. The van der Waals surface area contributed by atoms with Crippen LogP contribution in [0.25, 0.3) is 0 Å². The molecule has 0 radical (unpaired) electrons. The highest BCUT2D eigenvalue weighted by Crippen LogP contribution is 2.23. The van der Waals surface area contributed by atoms with Crippen LogP contribution in [0.2, 0.25) is 0 Å². The van der Waals surface area contributed by atoms with Gasteiger partial charge in [-0.2, -0.15) is 0 Å². The largest absolute Gasteiger partial charge is 0.349 e. The molecule has 2 nitrogen and oxygen atoms in total. The molecule has 2 heteroatoms. The summed E-state index contributed by atoms with van der Waals surface area (Å²) in [7, 11) is 0. The summed E-state index contributed by atoms with van der Waals surface area (Å²) in [5, 5.41) is 3.23. The van der Waals surface area contributed by atoms with Gasteiger partial charge in [0.1, 0.15) is 0 Å². The van der Waals surface area contributed by atoms with E-state index in [1.165, 1.54) is 16.7 Å². The van der Waals surface area contributed by atoms with Gasteiger partial charge in [0.15, 0.2) is 0 Å². The first-order chi connectivity index (χ1) is 12.3. The van der Waals surface area contributed by atoms with Crippen LogP contribution in [0.3, 0.4) is 0 Å². The van der Waals surface area contributed by atoms with Gasteiger partial charge in [0.2, 0.25) is 5.91 Å². The molecule has 1 N–H and O–H groups in total. The molecular formula is C24H33NO. The Bertz CT molecular complexity index is 680. The second-order valence-corrected chi connectivity index (χ2v) is 8.61. The maximum Gasteiger partial charge on any atom is 0.220 e. The molecule has 2 aromatic rings. The Morgan fingerprint density at radius 1 is 0.962 bits per heavy atom. The minimum Gasteiger partial charge on any atom is -0.349 e. The van der Waals surface area contributed by atoms with Crippen LogP contribution in [-0.2, 0) is 16.6 Å². The van der Waals surface area contributed by atoms with Crippen molar-refractivity contribution in [1.82, 2.24) is 5.32 Å². The van der Waals surface area contributed by atoms with Gasteiger partial charge in [0.25, 0.3) is 0 Å². The normalized spacial score (nSPS) is 12.8. The summed E-state index contributed by atoms with van der Waals surface area (Å²) in [6, 6.07) is 19.0. The van der Waals surface area contributed by atoms with Crippen molar-refractivity contribution in [3.05, 3.63) is 71.3 Å². The SMILES string of the molecule is CC(C)CC(NC(=O)CCc1ccc(C(C)(C)C)cc1)c1ccccc1. The topological polar surface area (TPSA) is 29.1 Å². The molecule has 140 valence electrons. The van der Waals surface area contributed by atoms with E-state index < -0.39 is 0 Å². The van der Waals surface area contributed by atoms with Gasteiger partial charge in [-0.3, -0.25) is 4.79 Å². The van der Waals surface area contributed by atoms with Gasteiger partial charge in [-0.25, -0.2) is 0 Å². The average Bonchev–Trinajstić information content (AvgIpc) is 2.59. The standard InChI is InChI=1S/C24H33NO/c1-18(2)17-22(20-9-7-6-8-10-20)25-23(26)16-13-19-11-14-21(15-12-19)24(3,4)5/h6-12,14-15,18,22H,13,16-17H2,1-5H3,(H,25,26). The van der Waals surface area contributed by atoms with Gasteiger partial charge in [-0.15, -0.1) is 0 Å². The van der Waals surface area contributed by atoms with Crippen LogP contribution in [0.15, 0.2) is 54.6 Å². The molecule has 1 atom stereocenters. The number of carbonyl (C=O) groups excluding carboxylic acids is 1. The van der Waals surface area contributed by atoms with E-state index in [1.807, 2.05) is 18.2 Å². The van der Waals surface area contributed by atoms with Crippen molar-refractivity contribution < 1.29 is 4.79 Å². The van der Waals surface area contributed by atoms with Crippen LogP contribution in [-0.4, -0.2) is 5.91 Å². The molecular weight excluding hydrogens is 318 g/mol. The molecule has 1 amide bonds. The zero-order chi connectivity index (χ0) is 19.2. The van der Waals surface area contributed by atoms with Crippen LogP contribution in [0.4, 0.5) is 0 Å². The predicted molar refractivity (Wildman–Crippen MR) is 110 cm³/mol. The summed E-state index contributed by atoms with van der Waals surface area (Å²) < 4.78 is 0. The second-order valence-electron chi connectivity index (χ2n) is 8.61. The Morgan fingerprint density at radius 3 is 2.12 bits per heavy atom. The van der Waals surface area contributed by atoms with Crippen molar-refractivity contribution >= 4 is 5.91 Å². The third kappa shape index (κ3) is 6.33. The van der Waals surface area contributed by atoms with Gasteiger partial charge in [0, 0.05) is 6.42 Å². The van der Waals surface area contributed by atoms with Crippen molar-refractivity contribution in [1.29, 1.82) is 0 Å². The van der Waals surface area contributed by atoms with E-state index in [4.69, 9.17) is 0 Å². The molecule has 2 aromatic carbocycles. The number of nitrogens with one attached hydrogen (secondary N) is 1. The lowest BCUT2D eigenvalue weighted by atomic mass is 9.86. The Labute approximate surface area is 159 Å². The van der Waals surface area contributed by atoms with E-state index >= 15 is 0 Å². The molecule has 0 fully saturated rings. The third-order valence-electron chi connectivity index (χ3n) is 4.70. The van der Waals surface area contributed by atoms with Gasteiger partial charge in [-0.05, 0) is 40.9 Å². The van der Waals surface area contributed by atoms with E-state index in [2.05, 4.69) is 76.3 Å². The number of benzene rings is 2. The van der Waals surface area contributed by atoms with Crippen LogP contribution < -0.4 is 5.32 Å². The summed E-state index contributed by atoms with van der Waals surface area (Å²) in [6.07, 6.45) is 2.26. The Kier molecular flexibility index (Phi) is 7.02. The molecule has 0 saturated heterocycles. The zero-order valence-corrected chi connectivity index (χ0v) is 16.9. The zero-order valence-electron chi connectivity index (χ0n) is 16.9. The van der Waals surface area contributed by atoms with Gasteiger partial charge < -0.3 is 5.32 Å². The molecule has 0 aromatic heterocycles. The quantitative estimate of drug-likeness (QED) is 0.669. The monoisotopic (exact) mass is 351 g/mol. The lowest BCUT2D eigenvalue weighted by Gasteiger charge is -2.21. The maximum atomic E-state index is 12.5. The summed E-state index contributed by atoms with van der Waals surface area (Å²) >= 11 is 0. The lowest BCUT2D eigenvalue weighted by Crippen LogP contribution is -2.29. The summed E-state index contributed by atoms with van der Waals surface area (Å²) in [5.41, 5.74) is 3.89. The molecule has 0 aliphatic heterocycles. The van der Waals surface area contributed by atoms with Gasteiger partial charge >= 0.3 is 0 Å². The number of rotatable bonds is 7. The van der Waals surface area contributed by atoms with Crippen LogP contribution >= 0.6 is 0 Å². The molecule has 0 aliphatic carbocycles. The maximum absolute atomic E-state index is 12.5. The number of aryl methyl sites for hydroxylation is 1. The third-order valence-corrected chi connectivity index (χ3v) is 4.70. The molecule has 0 saturated carbocycles. The van der Waals surface area contributed by atoms with Crippen LogP contribution in [0, 0.1) is 5.92 Å². The molecule has 1 unspecified atom stereocenters. The minimum atomic E-state index is 0.0898. The second kappa shape index (κ2) is 9.02. The fourth-order valence-corrected chi connectivity index (χ4v) is 3.13. The first kappa shape index (κ1) is 20.2. The summed E-state index contributed by atoms with van der Waals surface area (Å²) in [5.74, 6) is 0.657. The fraction of sp³-hybridized carbons (Fsp3) is 0.458. The summed E-state index contributed by atoms with van der Waals surface area (Å²) in [4.78, 5) is 12.5. The van der Waals surface area contributed by atoms with E-state index in [9.17, 15) is 4.79 Å². The van der Waals surface area contributed by atoms with Crippen molar-refractivity contribution in [2.45, 2.75) is 65.3 Å². The molecule has 0 spiro atoms. The van der Waals surface area contributed by atoms with E-state index in [0.717, 1.165) is 12.8 Å². The van der Waals surface area contributed by atoms with Crippen LogP contribution in [0.1, 0.15) is 70.2 Å². The number of carbonyl (C=O) groups is 1. The minimum absolute atomic E-state index is 0.0898. The Hall–Kier alpha value is -2.09. The van der Waals surface area contributed by atoms with Gasteiger partial charge in [-0.1, -0.05) is 89.2 Å². The van der Waals surface area contributed by atoms with Crippen molar-refractivity contribution in [3.8, 4) is 0 Å². The first-order valence-corrected chi connectivity index (χ1v) is 9.69.